The molecule has 0 saturated heterocycles. The molecule has 0 aliphatic rings. The summed E-state index contributed by atoms with van der Waals surface area (Å²) >= 11 is 0. The lowest BCUT2D eigenvalue weighted by molar-refractivity contribution is 0.161. The van der Waals surface area contributed by atoms with Gasteiger partial charge in [-0.1, -0.05) is 6.92 Å². The van der Waals surface area contributed by atoms with Crippen molar-refractivity contribution >= 4 is 15.7 Å². The Morgan fingerprint density at radius 3 is 2.44 bits per heavy atom. The average molecular weight is 273 g/mol. The standard InChI is InChI=1S/C11H19N3O3S/c1-9(8-17-2)7-13-18(15,16)11-5-3-10(14-12)4-6-11/h3-6,9,13-14H,7-8,12H2,1-2H3. The van der Waals surface area contributed by atoms with E-state index in [9.17, 15) is 8.42 Å². The fourth-order valence-electron chi connectivity index (χ4n) is 1.41. The SMILES string of the molecule is COCC(C)CNS(=O)(=O)c1ccc(NN)cc1. The maximum atomic E-state index is 11.9. The third-order valence-corrected chi connectivity index (χ3v) is 3.84. The summed E-state index contributed by atoms with van der Waals surface area (Å²) in [7, 11) is -1.89. The van der Waals surface area contributed by atoms with Crippen molar-refractivity contribution in [1.82, 2.24) is 4.72 Å². The maximum Gasteiger partial charge on any atom is 0.240 e. The van der Waals surface area contributed by atoms with Crippen molar-refractivity contribution in [2.45, 2.75) is 11.8 Å². The second kappa shape index (κ2) is 6.69. The molecule has 0 spiro atoms. The second-order valence-corrected chi connectivity index (χ2v) is 5.85. The maximum absolute atomic E-state index is 11.9. The van der Waals surface area contributed by atoms with Crippen LogP contribution in [0.5, 0.6) is 0 Å². The van der Waals surface area contributed by atoms with Crippen molar-refractivity contribution in [1.29, 1.82) is 0 Å². The Labute approximate surface area is 108 Å². The van der Waals surface area contributed by atoms with Gasteiger partial charge in [0.25, 0.3) is 0 Å². The molecule has 0 amide bonds. The van der Waals surface area contributed by atoms with E-state index in [0.717, 1.165) is 0 Å². The summed E-state index contributed by atoms with van der Waals surface area (Å²) in [6.45, 7) is 2.76. The van der Waals surface area contributed by atoms with Crippen LogP contribution in [-0.4, -0.2) is 28.7 Å². The molecule has 1 rings (SSSR count). The lowest BCUT2D eigenvalue weighted by Crippen LogP contribution is -2.30. The highest BCUT2D eigenvalue weighted by molar-refractivity contribution is 7.89. The number of methoxy groups -OCH3 is 1. The van der Waals surface area contributed by atoms with Gasteiger partial charge in [-0.15, -0.1) is 0 Å². The van der Waals surface area contributed by atoms with E-state index in [-0.39, 0.29) is 10.8 Å². The molecule has 18 heavy (non-hydrogen) atoms. The topological polar surface area (TPSA) is 93.4 Å². The van der Waals surface area contributed by atoms with Crippen LogP contribution in [0.1, 0.15) is 6.92 Å². The van der Waals surface area contributed by atoms with Crippen LogP contribution in [0.4, 0.5) is 5.69 Å². The van der Waals surface area contributed by atoms with Crippen LogP contribution in [0, 0.1) is 5.92 Å². The summed E-state index contributed by atoms with van der Waals surface area (Å²) in [6, 6.07) is 6.21. The number of anilines is 1. The first kappa shape index (κ1) is 14.9. The first-order valence-electron chi connectivity index (χ1n) is 5.55. The number of rotatable bonds is 7. The average Bonchev–Trinajstić information content (AvgIpc) is 2.37. The van der Waals surface area contributed by atoms with Crippen molar-refractivity contribution in [3.8, 4) is 0 Å². The predicted molar refractivity (Wildman–Crippen MR) is 70.5 cm³/mol. The number of hydrogen-bond acceptors (Lipinski definition) is 5. The number of nitrogens with two attached hydrogens (primary N) is 1. The minimum atomic E-state index is -3.47. The predicted octanol–water partition coefficient (Wildman–Crippen LogP) is 0.533. The Morgan fingerprint density at radius 2 is 1.94 bits per heavy atom. The van der Waals surface area contributed by atoms with Crippen LogP contribution in [0.2, 0.25) is 0 Å². The van der Waals surface area contributed by atoms with Gasteiger partial charge in [0.1, 0.15) is 0 Å². The van der Waals surface area contributed by atoms with E-state index in [4.69, 9.17) is 10.6 Å². The molecule has 1 unspecified atom stereocenters. The Hall–Kier alpha value is -1.15. The number of hydrazine groups is 1. The Morgan fingerprint density at radius 1 is 1.33 bits per heavy atom. The van der Waals surface area contributed by atoms with Gasteiger partial charge in [-0.25, -0.2) is 13.1 Å². The van der Waals surface area contributed by atoms with E-state index in [1.807, 2.05) is 6.92 Å². The monoisotopic (exact) mass is 273 g/mol. The van der Waals surface area contributed by atoms with Gasteiger partial charge in [-0.05, 0) is 30.2 Å². The highest BCUT2D eigenvalue weighted by Gasteiger charge is 2.14. The smallest absolute Gasteiger partial charge is 0.240 e. The minimum Gasteiger partial charge on any atom is -0.384 e. The number of ether oxygens (including phenoxy) is 1. The van der Waals surface area contributed by atoms with E-state index >= 15 is 0 Å². The van der Waals surface area contributed by atoms with Gasteiger partial charge in [-0.3, -0.25) is 5.84 Å². The fourth-order valence-corrected chi connectivity index (χ4v) is 2.57. The minimum absolute atomic E-state index is 0.120. The first-order valence-corrected chi connectivity index (χ1v) is 7.03. The Bertz CT molecular complexity index is 459. The van der Waals surface area contributed by atoms with Gasteiger partial charge in [0.05, 0.1) is 4.90 Å². The zero-order chi connectivity index (χ0) is 13.6. The van der Waals surface area contributed by atoms with Crippen LogP contribution in [0.25, 0.3) is 0 Å². The highest BCUT2D eigenvalue weighted by Crippen LogP contribution is 2.13. The van der Waals surface area contributed by atoms with Gasteiger partial charge in [0, 0.05) is 25.9 Å². The zero-order valence-electron chi connectivity index (χ0n) is 10.5. The van der Waals surface area contributed by atoms with Crippen molar-refractivity contribution < 1.29 is 13.2 Å². The molecule has 0 heterocycles. The Balaban J connectivity index is 2.67. The van der Waals surface area contributed by atoms with Crippen LogP contribution in [0.3, 0.4) is 0 Å². The summed E-state index contributed by atoms with van der Waals surface area (Å²) in [5, 5.41) is 0. The molecular weight excluding hydrogens is 254 g/mol. The summed E-state index contributed by atoms with van der Waals surface area (Å²) in [5.41, 5.74) is 3.10. The molecule has 0 aliphatic carbocycles. The molecule has 0 bridgehead atoms. The molecule has 1 atom stereocenters. The van der Waals surface area contributed by atoms with Gasteiger partial charge in [-0.2, -0.15) is 0 Å². The summed E-state index contributed by atoms with van der Waals surface area (Å²) in [6.07, 6.45) is 0. The van der Waals surface area contributed by atoms with Gasteiger partial charge < -0.3 is 10.2 Å². The van der Waals surface area contributed by atoms with E-state index in [1.54, 1.807) is 19.2 Å². The van der Waals surface area contributed by atoms with Crippen LogP contribution >= 0.6 is 0 Å². The van der Waals surface area contributed by atoms with Crippen molar-refractivity contribution in [3.63, 3.8) is 0 Å². The molecule has 0 aromatic heterocycles. The number of nitrogen functional groups attached to an aromatic ring is 1. The number of benzene rings is 1. The molecule has 4 N–H and O–H groups in total. The van der Waals surface area contributed by atoms with Gasteiger partial charge in [0.15, 0.2) is 0 Å². The summed E-state index contributed by atoms with van der Waals surface area (Å²) in [5.74, 6) is 5.33. The molecule has 7 heteroatoms. The number of hydrogen-bond donors (Lipinski definition) is 3. The second-order valence-electron chi connectivity index (χ2n) is 4.08. The van der Waals surface area contributed by atoms with Crippen molar-refractivity contribution in [2.24, 2.45) is 11.8 Å². The highest BCUT2D eigenvalue weighted by atomic mass is 32.2. The summed E-state index contributed by atoms with van der Waals surface area (Å²) < 4.78 is 31.4. The molecule has 1 aromatic rings. The van der Waals surface area contributed by atoms with Gasteiger partial charge >= 0.3 is 0 Å². The number of nitrogens with one attached hydrogen (secondary N) is 2. The molecule has 1 aromatic carbocycles. The summed E-state index contributed by atoms with van der Waals surface area (Å²) in [4.78, 5) is 0.214. The third kappa shape index (κ3) is 4.26. The van der Waals surface area contributed by atoms with Crippen LogP contribution < -0.4 is 16.0 Å². The zero-order valence-corrected chi connectivity index (χ0v) is 11.3. The van der Waals surface area contributed by atoms with Crippen LogP contribution in [-0.2, 0) is 14.8 Å². The van der Waals surface area contributed by atoms with E-state index in [0.29, 0.717) is 18.8 Å². The van der Waals surface area contributed by atoms with E-state index in [1.165, 1.54) is 12.1 Å². The quantitative estimate of drug-likeness (QED) is 0.498. The molecule has 0 aliphatic heterocycles. The van der Waals surface area contributed by atoms with Crippen molar-refractivity contribution in [3.05, 3.63) is 24.3 Å². The molecule has 0 saturated carbocycles. The molecule has 0 radical (unpaired) electrons. The molecule has 6 nitrogen and oxygen atoms in total. The van der Waals surface area contributed by atoms with Crippen molar-refractivity contribution in [2.75, 3.05) is 25.7 Å². The third-order valence-electron chi connectivity index (χ3n) is 2.40. The van der Waals surface area contributed by atoms with Gasteiger partial charge in [0.2, 0.25) is 10.0 Å². The van der Waals surface area contributed by atoms with E-state index in [2.05, 4.69) is 10.1 Å². The molecular formula is C11H19N3O3S. The molecule has 102 valence electrons. The normalized spacial score (nSPS) is 13.3. The molecule has 0 fully saturated rings. The fraction of sp³-hybridized carbons (Fsp3) is 0.455. The Kier molecular flexibility index (Phi) is 5.54. The first-order chi connectivity index (χ1) is 8.49. The lowest BCUT2D eigenvalue weighted by atomic mass is 10.2. The van der Waals surface area contributed by atoms with Crippen LogP contribution in [0.15, 0.2) is 29.2 Å². The number of sulfonamides is 1. The largest absolute Gasteiger partial charge is 0.384 e. The lowest BCUT2D eigenvalue weighted by Gasteiger charge is -2.12. The van der Waals surface area contributed by atoms with E-state index < -0.39 is 10.0 Å².